The van der Waals surface area contributed by atoms with Crippen molar-refractivity contribution in [2.45, 2.75) is 62.8 Å². The number of aliphatic hydroxyl groups excluding tert-OH is 1. The summed E-state index contributed by atoms with van der Waals surface area (Å²) in [6.45, 7) is 3.96. The zero-order valence-corrected chi connectivity index (χ0v) is 24.8. The molecule has 0 spiro atoms. The normalized spacial score (nSPS) is 25.3. The number of carbonyl (C=O) groups excluding carboxylic acids is 3. The summed E-state index contributed by atoms with van der Waals surface area (Å²) in [6.07, 6.45) is 5.00. The molecular formula is C30H33NO6S3. The lowest BCUT2D eigenvalue weighted by molar-refractivity contribution is -0.141. The molecule has 1 aliphatic carbocycles. The standard InChI is InChI=1S/C30H33NO6S3/c1-3-5-15-30(4-2)27(34)23(18-10-7-6-8-11-18)24-19(40-29(30)37)13-14-21(26(24)33)39-17-22(32)31-25(28(35)36)20-12-9-16-38-20/h6-14,16,21,23,25,27,34H,3-5,15,17H2,1-2H3,(H,31,32)(H,35,36). The molecule has 2 aromatic rings. The van der Waals surface area contributed by atoms with Crippen molar-refractivity contribution in [1.82, 2.24) is 5.32 Å². The van der Waals surface area contributed by atoms with Crippen molar-refractivity contribution in [2.24, 2.45) is 5.41 Å². The molecule has 0 saturated carbocycles. The number of Topliss-reactive ketones (excluding diaryl/α,β-unsaturated/α-hetero) is 1. The molecule has 0 bridgehead atoms. The Labute approximate surface area is 246 Å². The molecule has 2 aliphatic rings. The Morgan fingerprint density at radius 3 is 2.50 bits per heavy atom. The minimum atomic E-state index is -1.16. The molecule has 5 atom stereocenters. The number of rotatable bonds is 11. The van der Waals surface area contributed by atoms with Gasteiger partial charge in [0.2, 0.25) is 11.0 Å². The third kappa shape index (κ3) is 6.15. The summed E-state index contributed by atoms with van der Waals surface area (Å²) in [7, 11) is 0. The van der Waals surface area contributed by atoms with Gasteiger partial charge in [-0.25, -0.2) is 4.79 Å². The van der Waals surface area contributed by atoms with E-state index in [1.165, 1.54) is 11.3 Å². The highest BCUT2D eigenvalue weighted by atomic mass is 32.2. The average molecular weight is 600 g/mol. The molecule has 40 heavy (non-hydrogen) atoms. The summed E-state index contributed by atoms with van der Waals surface area (Å²) in [5.41, 5.74) is 0.159. The molecule has 4 rings (SSSR count). The Kier molecular flexibility index (Phi) is 10.1. The number of allylic oxidation sites excluding steroid dienone is 1. The smallest absolute Gasteiger partial charge is 0.331 e. The van der Waals surface area contributed by atoms with Crippen LogP contribution in [0, 0.1) is 5.41 Å². The quantitative estimate of drug-likeness (QED) is 0.310. The lowest BCUT2D eigenvalue weighted by atomic mass is 9.67. The molecule has 10 heteroatoms. The number of carbonyl (C=O) groups is 4. The molecule has 0 radical (unpaired) electrons. The Hall–Kier alpha value is -2.66. The fourth-order valence-corrected chi connectivity index (χ4v) is 8.22. The van der Waals surface area contributed by atoms with Gasteiger partial charge >= 0.3 is 5.97 Å². The minimum absolute atomic E-state index is 0.126. The van der Waals surface area contributed by atoms with Crippen LogP contribution in [0.15, 0.2) is 70.5 Å². The fraction of sp³-hybridized carbons (Fsp3) is 0.400. The van der Waals surface area contributed by atoms with E-state index in [2.05, 4.69) is 5.32 Å². The van der Waals surface area contributed by atoms with E-state index in [0.717, 1.165) is 41.9 Å². The highest BCUT2D eigenvalue weighted by Crippen LogP contribution is 2.53. The van der Waals surface area contributed by atoms with Gasteiger partial charge in [0.1, 0.15) is 0 Å². The van der Waals surface area contributed by atoms with Gasteiger partial charge in [-0.2, -0.15) is 0 Å². The summed E-state index contributed by atoms with van der Waals surface area (Å²) in [5, 5.41) is 25.0. The maximum atomic E-state index is 14.0. The number of ketones is 1. The monoisotopic (exact) mass is 599 g/mol. The molecule has 0 fully saturated rings. The maximum Gasteiger partial charge on any atom is 0.331 e. The van der Waals surface area contributed by atoms with Gasteiger partial charge < -0.3 is 15.5 Å². The molecule has 1 aromatic carbocycles. The van der Waals surface area contributed by atoms with Crippen LogP contribution >= 0.6 is 34.9 Å². The van der Waals surface area contributed by atoms with Crippen LogP contribution < -0.4 is 5.32 Å². The zero-order chi connectivity index (χ0) is 28.9. The van der Waals surface area contributed by atoms with Crippen LogP contribution in [0.3, 0.4) is 0 Å². The predicted octanol–water partition coefficient (Wildman–Crippen LogP) is 5.49. The van der Waals surface area contributed by atoms with Crippen molar-refractivity contribution >= 4 is 57.6 Å². The number of unbranched alkanes of at least 4 members (excludes halogenated alkanes) is 1. The number of carboxylic acid groups (broad SMARTS) is 1. The molecule has 1 aromatic heterocycles. The van der Waals surface area contributed by atoms with Gasteiger partial charge in [0, 0.05) is 21.3 Å². The molecular weight excluding hydrogens is 567 g/mol. The highest BCUT2D eigenvalue weighted by molar-refractivity contribution is 8.17. The zero-order valence-electron chi connectivity index (χ0n) is 22.4. The van der Waals surface area contributed by atoms with E-state index in [1.54, 1.807) is 29.7 Å². The molecule has 5 unspecified atom stereocenters. The lowest BCUT2D eigenvalue weighted by Crippen LogP contribution is -2.44. The molecule has 212 valence electrons. The van der Waals surface area contributed by atoms with E-state index in [-0.39, 0.29) is 16.7 Å². The van der Waals surface area contributed by atoms with Gasteiger partial charge in [0.25, 0.3) is 0 Å². The number of aliphatic hydroxyl groups is 1. The topological polar surface area (TPSA) is 121 Å². The summed E-state index contributed by atoms with van der Waals surface area (Å²) < 4.78 is 0. The second kappa shape index (κ2) is 13.3. The van der Waals surface area contributed by atoms with Crippen molar-refractivity contribution in [3.8, 4) is 0 Å². The number of thiophene rings is 1. The van der Waals surface area contributed by atoms with E-state index in [9.17, 15) is 29.4 Å². The van der Waals surface area contributed by atoms with E-state index in [0.29, 0.717) is 28.2 Å². The Morgan fingerprint density at radius 2 is 1.88 bits per heavy atom. The van der Waals surface area contributed by atoms with Crippen molar-refractivity contribution in [3.05, 3.63) is 80.9 Å². The second-order valence-electron chi connectivity index (χ2n) is 9.92. The number of hydrogen-bond acceptors (Lipinski definition) is 8. The minimum Gasteiger partial charge on any atom is -0.479 e. The Morgan fingerprint density at radius 1 is 1.12 bits per heavy atom. The number of hydrogen-bond donors (Lipinski definition) is 3. The van der Waals surface area contributed by atoms with Gasteiger partial charge in [-0.1, -0.05) is 87.0 Å². The fourth-order valence-electron chi connectivity index (χ4n) is 5.31. The third-order valence-electron chi connectivity index (χ3n) is 7.55. The van der Waals surface area contributed by atoms with Crippen LogP contribution in [0.5, 0.6) is 0 Å². The van der Waals surface area contributed by atoms with E-state index in [1.807, 2.05) is 44.2 Å². The van der Waals surface area contributed by atoms with Crippen LogP contribution in [-0.2, 0) is 19.2 Å². The average Bonchev–Trinajstić information content (AvgIpc) is 3.46. The third-order valence-corrected chi connectivity index (χ3v) is 10.8. The molecule has 0 saturated heterocycles. The highest BCUT2D eigenvalue weighted by Gasteiger charge is 2.52. The number of benzene rings is 1. The van der Waals surface area contributed by atoms with Crippen LogP contribution in [-0.4, -0.2) is 50.1 Å². The van der Waals surface area contributed by atoms with Crippen molar-refractivity contribution < 1.29 is 29.4 Å². The number of carboxylic acids is 1. The van der Waals surface area contributed by atoms with Gasteiger partial charge in [-0.3, -0.25) is 14.4 Å². The van der Waals surface area contributed by atoms with Gasteiger partial charge in [0.15, 0.2) is 11.8 Å². The van der Waals surface area contributed by atoms with E-state index in [4.69, 9.17) is 0 Å². The molecule has 1 aliphatic heterocycles. The predicted molar refractivity (Wildman–Crippen MR) is 160 cm³/mol. The van der Waals surface area contributed by atoms with E-state index < -0.39 is 40.6 Å². The SMILES string of the molecule is CCCCC1(CC)C(=O)SC2=C(C(=O)C(SCC(=O)NC(C(=O)O)c3cccs3)C=C2)C(c2ccccc2)C1O. The van der Waals surface area contributed by atoms with Crippen molar-refractivity contribution in [2.75, 3.05) is 5.75 Å². The van der Waals surface area contributed by atoms with Gasteiger partial charge in [-0.05, 0) is 29.9 Å². The lowest BCUT2D eigenvalue weighted by Gasteiger charge is -2.39. The second-order valence-corrected chi connectivity index (χ2v) is 13.0. The van der Waals surface area contributed by atoms with Crippen molar-refractivity contribution in [3.63, 3.8) is 0 Å². The van der Waals surface area contributed by atoms with Gasteiger partial charge in [-0.15, -0.1) is 23.1 Å². The van der Waals surface area contributed by atoms with Crippen LogP contribution in [0.1, 0.15) is 61.9 Å². The molecule has 1 amide bonds. The largest absolute Gasteiger partial charge is 0.479 e. The van der Waals surface area contributed by atoms with Gasteiger partial charge in [0.05, 0.1) is 22.5 Å². The number of nitrogens with one attached hydrogen (secondary N) is 1. The first-order valence-corrected chi connectivity index (χ1v) is 16.1. The first-order chi connectivity index (χ1) is 19.2. The number of thioether (sulfide) groups is 2. The summed E-state index contributed by atoms with van der Waals surface area (Å²) in [6, 6.07) is 11.5. The first-order valence-electron chi connectivity index (χ1n) is 13.3. The summed E-state index contributed by atoms with van der Waals surface area (Å²) >= 11 is 3.37. The number of amides is 1. The summed E-state index contributed by atoms with van der Waals surface area (Å²) in [5.74, 6) is -2.73. The first kappa shape index (κ1) is 30.3. The summed E-state index contributed by atoms with van der Waals surface area (Å²) in [4.78, 5) is 53.2. The van der Waals surface area contributed by atoms with Crippen LogP contribution in [0.25, 0.3) is 0 Å². The Bertz CT molecular complexity index is 1310. The van der Waals surface area contributed by atoms with Crippen LogP contribution in [0.2, 0.25) is 0 Å². The molecule has 2 heterocycles. The maximum absolute atomic E-state index is 14.0. The Balaban J connectivity index is 1.60. The molecule has 3 N–H and O–H groups in total. The number of aliphatic carboxylic acids is 1. The molecule has 7 nitrogen and oxygen atoms in total. The van der Waals surface area contributed by atoms with Crippen LogP contribution in [0.4, 0.5) is 0 Å². The van der Waals surface area contributed by atoms with Crippen molar-refractivity contribution in [1.29, 1.82) is 0 Å². The van der Waals surface area contributed by atoms with E-state index >= 15 is 0 Å².